The van der Waals surface area contributed by atoms with Crippen LogP contribution in [0.15, 0.2) is 40.0 Å². The Hall–Kier alpha value is -2.70. The van der Waals surface area contributed by atoms with E-state index in [9.17, 15) is 0 Å². The first-order valence-electron chi connectivity index (χ1n) is 7.15. The maximum absolute atomic E-state index is 5.37. The van der Waals surface area contributed by atoms with E-state index >= 15 is 0 Å². The summed E-state index contributed by atoms with van der Waals surface area (Å²) in [4.78, 5) is 4.55. The van der Waals surface area contributed by atoms with Crippen LogP contribution >= 0.6 is 0 Å². The molecule has 1 aliphatic rings. The quantitative estimate of drug-likeness (QED) is 0.646. The lowest BCUT2D eigenvalue weighted by Crippen LogP contribution is -2.36. The number of benzene rings is 1. The number of aromatic nitrogens is 1. The van der Waals surface area contributed by atoms with E-state index < -0.39 is 0 Å². The third-order valence-corrected chi connectivity index (χ3v) is 3.13. The van der Waals surface area contributed by atoms with Crippen LogP contribution in [-0.4, -0.2) is 24.5 Å². The van der Waals surface area contributed by atoms with Gasteiger partial charge in [0.2, 0.25) is 6.79 Å². The Morgan fingerprint density at radius 1 is 1.23 bits per heavy atom. The molecule has 116 valence electrons. The molecule has 1 aliphatic heterocycles. The summed E-state index contributed by atoms with van der Waals surface area (Å²) >= 11 is 0. The molecule has 0 bridgehead atoms. The van der Waals surface area contributed by atoms with E-state index in [1.807, 2.05) is 31.2 Å². The Balaban J connectivity index is 1.62. The third-order valence-electron chi connectivity index (χ3n) is 3.13. The zero-order chi connectivity index (χ0) is 15.2. The average Bonchev–Trinajstić information content (AvgIpc) is 3.20. The van der Waals surface area contributed by atoms with E-state index in [4.69, 9.17) is 14.0 Å². The molecule has 1 aromatic heterocycles. The largest absolute Gasteiger partial charge is 0.454 e. The highest BCUT2D eigenvalue weighted by Crippen LogP contribution is 2.32. The highest BCUT2D eigenvalue weighted by molar-refractivity contribution is 5.79. The van der Waals surface area contributed by atoms with E-state index in [2.05, 4.69) is 20.8 Å². The second-order valence-electron chi connectivity index (χ2n) is 4.73. The first-order valence-corrected chi connectivity index (χ1v) is 7.15. The van der Waals surface area contributed by atoms with Crippen molar-refractivity contribution in [3.63, 3.8) is 0 Å². The van der Waals surface area contributed by atoms with Crippen molar-refractivity contribution < 1.29 is 14.0 Å². The third kappa shape index (κ3) is 3.49. The van der Waals surface area contributed by atoms with Gasteiger partial charge in [0.1, 0.15) is 12.0 Å². The van der Waals surface area contributed by atoms with Gasteiger partial charge >= 0.3 is 0 Å². The summed E-state index contributed by atoms with van der Waals surface area (Å²) in [6, 6.07) is 7.66. The van der Waals surface area contributed by atoms with Gasteiger partial charge in [-0.2, -0.15) is 0 Å². The van der Waals surface area contributed by atoms with Crippen molar-refractivity contribution in [2.45, 2.75) is 20.0 Å². The van der Waals surface area contributed by atoms with Crippen molar-refractivity contribution in [1.29, 1.82) is 0 Å². The minimum Gasteiger partial charge on any atom is -0.454 e. The lowest BCUT2D eigenvalue weighted by Gasteiger charge is -2.10. The van der Waals surface area contributed by atoms with E-state index in [1.165, 1.54) is 0 Å². The van der Waals surface area contributed by atoms with Crippen molar-refractivity contribution in [3.8, 4) is 11.5 Å². The van der Waals surface area contributed by atoms with Crippen LogP contribution in [0.4, 0.5) is 0 Å². The minimum absolute atomic E-state index is 0.282. The predicted octanol–water partition coefficient (Wildman–Crippen LogP) is 1.66. The van der Waals surface area contributed by atoms with Crippen LogP contribution in [0.25, 0.3) is 0 Å². The second kappa shape index (κ2) is 6.84. The van der Waals surface area contributed by atoms with Crippen LogP contribution in [-0.2, 0) is 13.1 Å². The number of rotatable bonds is 5. The Morgan fingerprint density at radius 3 is 2.95 bits per heavy atom. The number of hydrogen-bond acceptors (Lipinski definition) is 5. The van der Waals surface area contributed by atoms with Gasteiger partial charge in [-0.05, 0) is 24.6 Å². The van der Waals surface area contributed by atoms with Crippen LogP contribution in [0, 0.1) is 0 Å². The highest BCUT2D eigenvalue weighted by Gasteiger charge is 2.12. The fourth-order valence-corrected chi connectivity index (χ4v) is 2.05. The Labute approximate surface area is 128 Å². The molecule has 2 N–H and O–H groups in total. The summed E-state index contributed by atoms with van der Waals surface area (Å²) in [5.74, 6) is 2.28. The van der Waals surface area contributed by atoms with Gasteiger partial charge in [-0.3, -0.25) is 0 Å². The van der Waals surface area contributed by atoms with Gasteiger partial charge in [-0.15, -0.1) is 0 Å². The van der Waals surface area contributed by atoms with Crippen LogP contribution < -0.4 is 20.1 Å². The first-order chi connectivity index (χ1) is 10.8. The van der Waals surface area contributed by atoms with Crippen molar-refractivity contribution in [2.75, 3.05) is 13.3 Å². The number of fused-ring (bicyclic) bond motifs is 1. The van der Waals surface area contributed by atoms with Crippen LogP contribution in [0.5, 0.6) is 11.5 Å². The fourth-order valence-electron chi connectivity index (χ4n) is 2.05. The molecular formula is C15H18N4O3. The SMILES string of the molecule is CCNC(=NCc1ccc2c(c1)OCO2)NCc1ccon1. The first kappa shape index (κ1) is 14.2. The molecule has 2 heterocycles. The van der Waals surface area contributed by atoms with Gasteiger partial charge < -0.3 is 24.6 Å². The van der Waals surface area contributed by atoms with Gasteiger partial charge in [0, 0.05) is 12.6 Å². The highest BCUT2D eigenvalue weighted by atomic mass is 16.7. The number of aliphatic imine (C=N–C) groups is 1. The number of guanidine groups is 1. The van der Waals surface area contributed by atoms with Crippen LogP contribution in [0.1, 0.15) is 18.2 Å². The van der Waals surface area contributed by atoms with Gasteiger partial charge in [0.05, 0.1) is 13.1 Å². The lowest BCUT2D eigenvalue weighted by atomic mass is 10.2. The van der Waals surface area contributed by atoms with Crippen LogP contribution in [0.3, 0.4) is 0 Å². The fraction of sp³-hybridized carbons (Fsp3) is 0.333. The van der Waals surface area contributed by atoms with E-state index in [0.29, 0.717) is 13.1 Å². The maximum Gasteiger partial charge on any atom is 0.231 e. The molecule has 7 nitrogen and oxygen atoms in total. The molecule has 0 aliphatic carbocycles. The Bertz CT molecular complexity index is 640. The molecule has 22 heavy (non-hydrogen) atoms. The molecule has 0 amide bonds. The molecular weight excluding hydrogens is 284 g/mol. The summed E-state index contributed by atoms with van der Waals surface area (Å²) in [6.07, 6.45) is 1.55. The molecule has 0 fully saturated rings. The van der Waals surface area contributed by atoms with Crippen LogP contribution in [0.2, 0.25) is 0 Å². The van der Waals surface area contributed by atoms with Gasteiger partial charge in [-0.1, -0.05) is 11.2 Å². The van der Waals surface area contributed by atoms with Gasteiger partial charge in [0.15, 0.2) is 17.5 Å². The molecule has 3 rings (SSSR count). The van der Waals surface area contributed by atoms with E-state index in [0.717, 1.165) is 35.3 Å². The number of nitrogens with one attached hydrogen (secondary N) is 2. The number of hydrogen-bond donors (Lipinski definition) is 2. The minimum atomic E-state index is 0.282. The summed E-state index contributed by atoms with van der Waals surface area (Å²) in [7, 11) is 0. The van der Waals surface area contributed by atoms with Crippen molar-refractivity contribution in [1.82, 2.24) is 15.8 Å². The van der Waals surface area contributed by atoms with Gasteiger partial charge in [0.25, 0.3) is 0 Å². The lowest BCUT2D eigenvalue weighted by molar-refractivity contribution is 0.174. The summed E-state index contributed by atoms with van der Waals surface area (Å²) in [5.41, 5.74) is 1.89. The molecule has 0 unspecified atom stereocenters. The smallest absolute Gasteiger partial charge is 0.231 e. The molecule has 0 saturated carbocycles. The second-order valence-corrected chi connectivity index (χ2v) is 4.73. The Kier molecular flexibility index (Phi) is 4.43. The molecule has 2 aromatic rings. The van der Waals surface area contributed by atoms with Gasteiger partial charge in [-0.25, -0.2) is 4.99 Å². The standard InChI is InChI=1S/C15H18N4O3/c1-2-16-15(18-9-12-5-6-22-19-12)17-8-11-3-4-13-14(7-11)21-10-20-13/h3-7H,2,8-10H2,1H3,(H2,16,17,18). The molecule has 0 spiro atoms. The van der Waals surface area contributed by atoms with Crippen molar-refractivity contribution >= 4 is 5.96 Å². The topological polar surface area (TPSA) is 80.9 Å². The molecule has 0 saturated heterocycles. The molecule has 1 aromatic carbocycles. The molecule has 0 radical (unpaired) electrons. The zero-order valence-electron chi connectivity index (χ0n) is 12.3. The molecule has 7 heteroatoms. The maximum atomic E-state index is 5.37. The van der Waals surface area contributed by atoms with E-state index in [-0.39, 0.29) is 6.79 Å². The summed E-state index contributed by atoms with van der Waals surface area (Å²) in [6.45, 7) is 4.19. The van der Waals surface area contributed by atoms with E-state index in [1.54, 1.807) is 6.26 Å². The zero-order valence-corrected chi connectivity index (χ0v) is 12.3. The Morgan fingerprint density at radius 2 is 2.14 bits per heavy atom. The predicted molar refractivity (Wildman–Crippen MR) is 80.7 cm³/mol. The van der Waals surface area contributed by atoms with Crippen molar-refractivity contribution in [3.05, 3.63) is 41.8 Å². The monoisotopic (exact) mass is 302 g/mol. The summed E-state index contributed by atoms with van der Waals surface area (Å²) in [5, 5.41) is 10.3. The normalized spacial score (nSPS) is 13.2. The number of nitrogens with zero attached hydrogens (tertiary/aromatic N) is 2. The molecule has 0 atom stereocenters. The summed E-state index contributed by atoms with van der Waals surface area (Å²) < 4.78 is 15.5. The number of ether oxygens (including phenoxy) is 2. The van der Waals surface area contributed by atoms with Crippen molar-refractivity contribution in [2.24, 2.45) is 4.99 Å². The average molecular weight is 302 g/mol.